The van der Waals surface area contributed by atoms with Gasteiger partial charge in [0.15, 0.2) is 5.76 Å². The lowest BCUT2D eigenvalue weighted by atomic mass is 9.96. The summed E-state index contributed by atoms with van der Waals surface area (Å²) in [6.45, 7) is 2.82. The van der Waals surface area contributed by atoms with Gasteiger partial charge in [0.05, 0.1) is 12.0 Å². The van der Waals surface area contributed by atoms with E-state index in [0.717, 1.165) is 25.2 Å². The fraction of sp³-hybridized carbons (Fsp3) is 0.333. The Bertz CT molecular complexity index is 865. The van der Waals surface area contributed by atoms with Crippen LogP contribution in [-0.2, 0) is 0 Å². The number of carbonyl (C=O) groups excluding carboxylic acids is 1. The van der Waals surface area contributed by atoms with Crippen LogP contribution in [0.25, 0.3) is 17.1 Å². The van der Waals surface area contributed by atoms with Gasteiger partial charge in [0.1, 0.15) is 11.4 Å². The van der Waals surface area contributed by atoms with Gasteiger partial charge in [0.2, 0.25) is 0 Å². The molecule has 140 valence electrons. The van der Waals surface area contributed by atoms with Crippen LogP contribution in [0.15, 0.2) is 59.2 Å². The van der Waals surface area contributed by atoms with Crippen molar-refractivity contribution in [2.24, 2.45) is 5.92 Å². The Morgan fingerprint density at radius 1 is 1.26 bits per heavy atom. The van der Waals surface area contributed by atoms with Crippen LogP contribution in [0.3, 0.4) is 0 Å². The maximum absolute atomic E-state index is 12.8. The van der Waals surface area contributed by atoms with E-state index in [1.165, 1.54) is 12.8 Å². The molecule has 1 unspecified atom stereocenters. The third-order valence-electron chi connectivity index (χ3n) is 4.95. The molecular weight excluding hydrogens is 340 g/mol. The first-order valence-corrected chi connectivity index (χ1v) is 9.49. The van der Waals surface area contributed by atoms with Gasteiger partial charge < -0.3 is 15.1 Å². The predicted octanol–water partition coefficient (Wildman–Crippen LogP) is 3.25. The molecule has 27 heavy (non-hydrogen) atoms. The Morgan fingerprint density at radius 3 is 2.89 bits per heavy atom. The number of piperidine rings is 1. The molecule has 0 saturated carbocycles. The lowest BCUT2D eigenvalue weighted by Crippen LogP contribution is -2.33. The van der Waals surface area contributed by atoms with E-state index < -0.39 is 0 Å². The molecule has 0 bridgehead atoms. The minimum absolute atomic E-state index is 0.118. The standard InChI is InChI=1S/C21H24N4O2/c26-21(23-12-10-16-6-4-11-22-15-16)19-14-18(20-9-5-13-27-20)24-25(19)17-7-2-1-3-8-17/h1-3,5,7-9,13-14,16,22H,4,6,10-12,15H2,(H,23,26). The zero-order valence-electron chi connectivity index (χ0n) is 15.2. The van der Waals surface area contributed by atoms with Crippen molar-refractivity contribution in [1.29, 1.82) is 0 Å². The van der Waals surface area contributed by atoms with Gasteiger partial charge in [-0.1, -0.05) is 18.2 Å². The number of rotatable bonds is 6. The van der Waals surface area contributed by atoms with Gasteiger partial charge in [-0.05, 0) is 62.5 Å². The van der Waals surface area contributed by atoms with Gasteiger partial charge >= 0.3 is 0 Å². The van der Waals surface area contributed by atoms with Crippen molar-refractivity contribution < 1.29 is 9.21 Å². The van der Waals surface area contributed by atoms with E-state index in [0.29, 0.717) is 29.6 Å². The molecule has 2 N–H and O–H groups in total. The second-order valence-electron chi connectivity index (χ2n) is 6.90. The summed E-state index contributed by atoms with van der Waals surface area (Å²) >= 11 is 0. The van der Waals surface area contributed by atoms with E-state index in [2.05, 4.69) is 15.7 Å². The molecule has 4 rings (SSSR count). The van der Waals surface area contributed by atoms with Crippen molar-refractivity contribution in [3.63, 3.8) is 0 Å². The number of nitrogens with zero attached hydrogens (tertiary/aromatic N) is 2. The smallest absolute Gasteiger partial charge is 0.270 e. The van der Waals surface area contributed by atoms with Crippen molar-refractivity contribution in [2.75, 3.05) is 19.6 Å². The van der Waals surface area contributed by atoms with E-state index in [-0.39, 0.29) is 5.91 Å². The molecule has 1 amide bonds. The molecule has 1 aromatic carbocycles. The molecule has 2 aromatic heterocycles. The summed E-state index contributed by atoms with van der Waals surface area (Å²) < 4.78 is 7.13. The highest BCUT2D eigenvalue weighted by Crippen LogP contribution is 2.22. The van der Waals surface area contributed by atoms with Gasteiger partial charge in [0, 0.05) is 12.6 Å². The number of hydrogen-bond acceptors (Lipinski definition) is 4. The van der Waals surface area contributed by atoms with Gasteiger partial charge in [-0.2, -0.15) is 5.10 Å². The lowest BCUT2D eigenvalue weighted by Gasteiger charge is -2.22. The Kier molecular flexibility index (Phi) is 5.34. The van der Waals surface area contributed by atoms with Crippen LogP contribution in [-0.4, -0.2) is 35.3 Å². The van der Waals surface area contributed by atoms with Crippen LogP contribution in [0.2, 0.25) is 0 Å². The van der Waals surface area contributed by atoms with Crippen molar-refractivity contribution in [1.82, 2.24) is 20.4 Å². The van der Waals surface area contributed by atoms with E-state index >= 15 is 0 Å². The fourth-order valence-electron chi connectivity index (χ4n) is 3.50. The molecule has 0 radical (unpaired) electrons. The molecule has 1 fully saturated rings. The van der Waals surface area contributed by atoms with Crippen LogP contribution in [0.1, 0.15) is 29.8 Å². The van der Waals surface area contributed by atoms with Gasteiger partial charge in [0.25, 0.3) is 5.91 Å². The van der Waals surface area contributed by atoms with Crippen LogP contribution in [0.5, 0.6) is 0 Å². The Balaban J connectivity index is 1.52. The van der Waals surface area contributed by atoms with Crippen LogP contribution < -0.4 is 10.6 Å². The van der Waals surface area contributed by atoms with Crippen molar-refractivity contribution in [3.8, 4) is 17.1 Å². The summed E-state index contributed by atoms with van der Waals surface area (Å²) in [5.41, 5.74) is 2.00. The predicted molar refractivity (Wildman–Crippen MR) is 104 cm³/mol. The molecule has 1 aliphatic heterocycles. The summed E-state index contributed by atoms with van der Waals surface area (Å²) in [6, 6.07) is 15.1. The molecular formula is C21H24N4O2. The summed E-state index contributed by atoms with van der Waals surface area (Å²) in [4.78, 5) is 12.8. The Hall–Kier alpha value is -2.86. The summed E-state index contributed by atoms with van der Waals surface area (Å²) in [6.07, 6.45) is 5.04. The normalized spacial score (nSPS) is 17.0. The highest BCUT2D eigenvalue weighted by Gasteiger charge is 2.19. The van der Waals surface area contributed by atoms with Gasteiger partial charge in [-0.25, -0.2) is 4.68 Å². The van der Waals surface area contributed by atoms with E-state index in [1.807, 2.05) is 42.5 Å². The van der Waals surface area contributed by atoms with E-state index in [9.17, 15) is 4.79 Å². The van der Waals surface area contributed by atoms with Crippen molar-refractivity contribution in [2.45, 2.75) is 19.3 Å². The summed E-state index contributed by atoms with van der Waals surface area (Å²) in [5.74, 6) is 1.16. The number of furan rings is 1. The molecule has 0 aliphatic carbocycles. The SMILES string of the molecule is O=C(NCCC1CCCNC1)c1cc(-c2ccco2)nn1-c1ccccc1. The first kappa shape index (κ1) is 17.5. The number of nitrogens with one attached hydrogen (secondary N) is 2. The topological polar surface area (TPSA) is 72.1 Å². The highest BCUT2D eigenvalue weighted by molar-refractivity contribution is 5.94. The Morgan fingerprint density at radius 2 is 2.15 bits per heavy atom. The van der Waals surface area contributed by atoms with E-state index in [1.54, 1.807) is 17.0 Å². The van der Waals surface area contributed by atoms with Gasteiger partial charge in [-0.15, -0.1) is 0 Å². The van der Waals surface area contributed by atoms with Crippen LogP contribution in [0, 0.1) is 5.92 Å². The number of hydrogen-bond donors (Lipinski definition) is 2. The second kappa shape index (κ2) is 8.22. The second-order valence-corrected chi connectivity index (χ2v) is 6.90. The average Bonchev–Trinajstić information content (AvgIpc) is 3.39. The molecule has 6 nitrogen and oxygen atoms in total. The van der Waals surface area contributed by atoms with Crippen molar-refractivity contribution >= 4 is 5.91 Å². The molecule has 1 atom stereocenters. The first-order chi connectivity index (χ1) is 13.3. The zero-order valence-corrected chi connectivity index (χ0v) is 15.2. The quantitative estimate of drug-likeness (QED) is 0.704. The maximum atomic E-state index is 12.8. The Labute approximate surface area is 158 Å². The number of carbonyl (C=O) groups is 1. The third-order valence-corrected chi connectivity index (χ3v) is 4.95. The fourth-order valence-corrected chi connectivity index (χ4v) is 3.50. The van der Waals surface area contributed by atoms with Crippen LogP contribution >= 0.6 is 0 Å². The average molecular weight is 364 g/mol. The molecule has 1 aliphatic rings. The van der Waals surface area contributed by atoms with Crippen molar-refractivity contribution in [3.05, 3.63) is 60.5 Å². The summed E-state index contributed by atoms with van der Waals surface area (Å²) in [7, 11) is 0. The zero-order chi connectivity index (χ0) is 18.5. The monoisotopic (exact) mass is 364 g/mol. The number of benzene rings is 1. The van der Waals surface area contributed by atoms with E-state index in [4.69, 9.17) is 4.42 Å². The third kappa shape index (κ3) is 4.11. The lowest BCUT2D eigenvalue weighted by molar-refractivity contribution is 0.0943. The largest absolute Gasteiger partial charge is 0.463 e. The number of aromatic nitrogens is 2. The maximum Gasteiger partial charge on any atom is 0.270 e. The molecule has 0 spiro atoms. The first-order valence-electron chi connectivity index (χ1n) is 9.49. The minimum Gasteiger partial charge on any atom is -0.463 e. The number of para-hydroxylation sites is 1. The molecule has 1 saturated heterocycles. The molecule has 3 heterocycles. The number of amides is 1. The van der Waals surface area contributed by atoms with Crippen LogP contribution in [0.4, 0.5) is 0 Å². The minimum atomic E-state index is -0.118. The van der Waals surface area contributed by atoms with Gasteiger partial charge in [-0.3, -0.25) is 4.79 Å². The molecule has 6 heteroatoms. The molecule has 3 aromatic rings. The summed E-state index contributed by atoms with van der Waals surface area (Å²) in [5, 5.41) is 11.1. The highest BCUT2D eigenvalue weighted by atomic mass is 16.3.